The molecule has 1 fully saturated rings. The number of halogens is 2. The first-order valence-electron chi connectivity index (χ1n) is 8.95. The molecule has 12 heteroatoms. The maximum Gasteiger partial charge on any atom is 0.302 e. The quantitative estimate of drug-likeness (QED) is 0.654. The highest BCUT2D eigenvalue weighted by Crippen LogP contribution is 2.26. The molecule has 0 bridgehead atoms. The third-order valence-electron chi connectivity index (χ3n) is 4.58. The van der Waals surface area contributed by atoms with Crippen LogP contribution in [0.3, 0.4) is 0 Å². The fourth-order valence-corrected chi connectivity index (χ4v) is 4.23. The fraction of sp³-hybridized carbons (Fsp3) is 0.278. The molecule has 1 N–H and O–H groups in total. The fourth-order valence-electron chi connectivity index (χ4n) is 3.02. The largest absolute Gasteiger partial charge is 0.436 e. The van der Waals surface area contributed by atoms with Crippen LogP contribution in [0.25, 0.3) is 10.9 Å². The SMILES string of the molecule is Cn1cnc2ccc(Oc3nc(NS(=O)(=O)N4CC[C@H](F)C4)ccc3F)cc2c1=O. The first-order chi connectivity index (χ1) is 14.2. The molecule has 0 unspecified atom stereocenters. The van der Waals surface area contributed by atoms with Gasteiger partial charge in [0.25, 0.3) is 11.4 Å². The van der Waals surface area contributed by atoms with E-state index in [1.54, 1.807) is 7.05 Å². The molecule has 0 saturated carbocycles. The van der Waals surface area contributed by atoms with E-state index in [-0.39, 0.29) is 42.0 Å². The molecular formula is C18H17F2N5O4S. The van der Waals surface area contributed by atoms with Crippen LogP contribution in [0.15, 0.2) is 41.5 Å². The number of pyridine rings is 1. The highest BCUT2D eigenvalue weighted by Gasteiger charge is 2.31. The highest BCUT2D eigenvalue weighted by molar-refractivity contribution is 7.90. The van der Waals surface area contributed by atoms with Crippen molar-refractivity contribution in [2.75, 3.05) is 17.8 Å². The number of aromatic nitrogens is 3. The van der Waals surface area contributed by atoms with Gasteiger partial charge in [-0.2, -0.15) is 17.7 Å². The van der Waals surface area contributed by atoms with E-state index in [1.807, 2.05) is 0 Å². The number of aryl methyl sites for hydroxylation is 1. The summed E-state index contributed by atoms with van der Waals surface area (Å²) in [6, 6.07) is 6.54. The van der Waals surface area contributed by atoms with Gasteiger partial charge in [0.05, 0.1) is 17.2 Å². The minimum absolute atomic E-state index is 0.0428. The normalized spacial score (nSPS) is 17.4. The Morgan fingerprint density at radius 2 is 2.07 bits per heavy atom. The van der Waals surface area contributed by atoms with Crippen molar-refractivity contribution in [3.05, 3.63) is 52.8 Å². The first kappa shape index (κ1) is 20.2. The van der Waals surface area contributed by atoms with Crippen LogP contribution < -0.4 is 15.0 Å². The van der Waals surface area contributed by atoms with Crippen LogP contribution in [0, 0.1) is 5.82 Å². The zero-order valence-corrected chi connectivity index (χ0v) is 16.6. The lowest BCUT2D eigenvalue weighted by Gasteiger charge is -2.16. The van der Waals surface area contributed by atoms with Gasteiger partial charge in [0, 0.05) is 20.1 Å². The van der Waals surface area contributed by atoms with E-state index in [9.17, 15) is 22.0 Å². The van der Waals surface area contributed by atoms with Crippen LogP contribution in [-0.4, -0.2) is 46.5 Å². The number of ether oxygens (including phenoxy) is 1. The number of fused-ring (bicyclic) bond motifs is 1. The molecule has 2 aromatic heterocycles. The molecule has 4 rings (SSSR count). The minimum atomic E-state index is -4.04. The van der Waals surface area contributed by atoms with Crippen molar-refractivity contribution in [3.8, 4) is 11.6 Å². The Balaban J connectivity index is 1.60. The Kier molecular flexibility index (Phi) is 5.12. The average Bonchev–Trinajstić information content (AvgIpc) is 3.15. The molecule has 1 aromatic carbocycles. The summed E-state index contributed by atoms with van der Waals surface area (Å²) in [7, 11) is -2.49. The van der Waals surface area contributed by atoms with Gasteiger partial charge < -0.3 is 9.30 Å². The maximum atomic E-state index is 14.2. The summed E-state index contributed by atoms with van der Waals surface area (Å²) >= 11 is 0. The van der Waals surface area contributed by atoms with Crippen LogP contribution in [0.2, 0.25) is 0 Å². The summed E-state index contributed by atoms with van der Waals surface area (Å²) in [4.78, 5) is 20.2. The van der Waals surface area contributed by atoms with Crippen molar-refractivity contribution in [2.45, 2.75) is 12.6 Å². The topological polar surface area (TPSA) is 106 Å². The Labute approximate surface area is 170 Å². The molecule has 3 heterocycles. The predicted octanol–water partition coefficient (Wildman–Crippen LogP) is 1.96. The number of benzene rings is 1. The van der Waals surface area contributed by atoms with E-state index >= 15 is 0 Å². The van der Waals surface area contributed by atoms with Crippen LogP contribution in [0.4, 0.5) is 14.6 Å². The van der Waals surface area contributed by atoms with Gasteiger partial charge in [-0.05, 0) is 36.8 Å². The van der Waals surface area contributed by atoms with Crippen molar-refractivity contribution >= 4 is 26.9 Å². The third kappa shape index (κ3) is 3.96. The summed E-state index contributed by atoms with van der Waals surface area (Å²) < 4.78 is 62.1. The van der Waals surface area contributed by atoms with E-state index in [0.29, 0.717) is 5.52 Å². The molecule has 3 aromatic rings. The molecule has 1 aliphatic rings. The number of nitrogens with one attached hydrogen (secondary N) is 1. The lowest BCUT2D eigenvalue weighted by atomic mass is 10.2. The van der Waals surface area contributed by atoms with Gasteiger partial charge in [-0.1, -0.05) is 0 Å². The average molecular weight is 437 g/mol. The monoisotopic (exact) mass is 437 g/mol. The number of alkyl halides is 1. The standard InChI is InChI=1S/C18H17F2N5O4S/c1-24-10-21-15-4-2-12(8-13(15)18(24)26)29-17-14(20)3-5-16(22-17)23-30(27,28)25-7-6-11(19)9-25/h2-5,8,10-11H,6-7,9H2,1H3,(H,22,23)/t11-/m0/s1. The molecule has 0 spiro atoms. The smallest absolute Gasteiger partial charge is 0.302 e. The molecule has 1 aliphatic heterocycles. The Morgan fingerprint density at radius 1 is 1.27 bits per heavy atom. The van der Waals surface area contributed by atoms with Crippen LogP contribution >= 0.6 is 0 Å². The number of anilines is 1. The second-order valence-corrected chi connectivity index (χ2v) is 8.45. The second kappa shape index (κ2) is 7.61. The van der Waals surface area contributed by atoms with Crippen LogP contribution in [0.5, 0.6) is 11.6 Å². The molecule has 1 saturated heterocycles. The highest BCUT2D eigenvalue weighted by atomic mass is 32.2. The molecule has 0 radical (unpaired) electrons. The van der Waals surface area contributed by atoms with Gasteiger partial charge in [-0.25, -0.2) is 13.8 Å². The second-order valence-electron chi connectivity index (χ2n) is 6.78. The minimum Gasteiger partial charge on any atom is -0.436 e. The molecule has 0 amide bonds. The zero-order valence-electron chi connectivity index (χ0n) is 15.7. The van der Waals surface area contributed by atoms with Crippen molar-refractivity contribution in [3.63, 3.8) is 0 Å². The van der Waals surface area contributed by atoms with E-state index in [4.69, 9.17) is 4.74 Å². The number of nitrogens with zero attached hydrogens (tertiary/aromatic N) is 4. The van der Waals surface area contributed by atoms with Gasteiger partial charge in [0.2, 0.25) is 0 Å². The summed E-state index contributed by atoms with van der Waals surface area (Å²) in [5, 5.41) is 0.268. The number of hydrogen-bond acceptors (Lipinski definition) is 6. The van der Waals surface area contributed by atoms with Crippen molar-refractivity contribution < 1.29 is 21.9 Å². The van der Waals surface area contributed by atoms with Gasteiger partial charge >= 0.3 is 10.2 Å². The summed E-state index contributed by atoms with van der Waals surface area (Å²) in [6.45, 7) is -0.207. The van der Waals surface area contributed by atoms with Crippen LogP contribution in [0.1, 0.15) is 6.42 Å². The number of hydrogen-bond donors (Lipinski definition) is 1. The molecule has 9 nitrogen and oxygen atoms in total. The molecular weight excluding hydrogens is 420 g/mol. The van der Waals surface area contributed by atoms with Crippen molar-refractivity contribution in [2.24, 2.45) is 7.05 Å². The third-order valence-corrected chi connectivity index (χ3v) is 6.06. The summed E-state index contributed by atoms with van der Waals surface area (Å²) in [5.41, 5.74) is 0.134. The summed E-state index contributed by atoms with van der Waals surface area (Å²) in [6.07, 6.45) is 0.271. The lowest BCUT2D eigenvalue weighted by molar-refractivity contribution is 0.343. The van der Waals surface area contributed by atoms with Crippen LogP contribution in [-0.2, 0) is 17.3 Å². The van der Waals surface area contributed by atoms with Gasteiger partial charge in [0.1, 0.15) is 17.7 Å². The predicted molar refractivity (Wildman–Crippen MR) is 105 cm³/mol. The molecule has 1 atom stereocenters. The first-order valence-corrected chi connectivity index (χ1v) is 10.4. The molecule has 30 heavy (non-hydrogen) atoms. The van der Waals surface area contributed by atoms with E-state index in [2.05, 4.69) is 14.7 Å². The van der Waals surface area contributed by atoms with E-state index in [1.165, 1.54) is 29.1 Å². The zero-order chi connectivity index (χ0) is 21.5. The van der Waals surface area contributed by atoms with E-state index < -0.39 is 28.1 Å². The Bertz CT molecular complexity index is 1280. The van der Waals surface area contributed by atoms with Gasteiger partial charge in [-0.3, -0.25) is 9.52 Å². The van der Waals surface area contributed by atoms with E-state index in [0.717, 1.165) is 16.4 Å². The lowest BCUT2D eigenvalue weighted by Crippen LogP contribution is -2.34. The maximum absolute atomic E-state index is 14.2. The van der Waals surface area contributed by atoms with Gasteiger partial charge in [0.15, 0.2) is 5.82 Å². The van der Waals surface area contributed by atoms with Crippen molar-refractivity contribution in [1.29, 1.82) is 0 Å². The van der Waals surface area contributed by atoms with Gasteiger partial charge in [-0.15, -0.1) is 0 Å². The molecule has 0 aliphatic carbocycles. The molecule has 158 valence electrons. The summed E-state index contributed by atoms with van der Waals surface area (Å²) in [5.74, 6) is -1.38. The Hall–Kier alpha value is -3.12. The Morgan fingerprint density at radius 3 is 2.80 bits per heavy atom. The van der Waals surface area contributed by atoms with Crippen molar-refractivity contribution in [1.82, 2.24) is 18.8 Å². The number of rotatable bonds is 5.